The molecule has 6 heteroatoms. The molecule has 1 heterocycles. The number of likely N-dealkylation sites (tertiary alicyclic amines) is 1. The van der Waals surface area contributed by atoms with Crippen molar-refractivity contribution in [2.24, 2.45) is 5.73 Å². The summed E-state index contributed by atoms with van der Waals surface area (Å²) in [4.78, 5) is 24.0. The predicted octanol–water partition coefficient (Wildman–Crippen LogP) is -0.448. The van der Waals surface area contributed by atoms with E-state index in [1.54, 1.807) is 0 Å². The number of nitrogens with zero attached hydrogens (tertiary/aromatic N) is 1. The van der Waals surface area contributed by atoms with Gasteiger partial charge in [0.05, 0.1) is 6.10 Å². The van der Waals surface area contributed by atoms with Crippen LogP contribution in [-0.2, 0) is 9.59 Å². The highest BCUT2D eigenvalue weighted by Gasteiger charge is 2.38. The summed E-state index contributed by atoms with van der Waals surface area (Å²) in [6, 6.07) is -0.869. The maximum Gasteiger partial charge on any atom is 0.326 e. The van der Waals surface area contributed by atoms with Crippen LogP contribution < -0.4 is 5.73 Å². The molecule has 4 N–H and O–H groups in total. The molecular formula is C11H20N2O4. The largest absolute Gasteiger partial charge is 0.480 e. The van der Waals surface area contributed by atoms with Gasteiger partial charge in [-0.15, -0.1) is 0 Å². The Labute approximate surface area is 100 Å². The Morgan fingerprint density at radius 2 is 2.00 bits per heavy atom. The molecule has 17 heavy (non-hydrogen) atoms. The quantitative estimate of drug-likeness (QED) is 0.549. The number of nitrogens with two attached hydrogens (primary N) is 1. The first kappa shape index (κ1) is 13.9. The summed E-state index contributed by atoms with van der Waals surface area (Å²) in [6.45, 7) is 0.737. The van der Waals surface area contributed by atoms with Crippen molar-refractivity contribution in [2.45, 2.75) is 44.2 Å². The number of unbranched alkanes of at least 4 members (excludes halogenated alkanes) is 2. The number of aliphatic hydroxyl groups is 1. The van der Waals surface area contributed by atoms with Gasteiger partial charge in [-0.05, 0) is 19.4 Å². The van der Waals surface area contributed by atoms with E-state index in [1.807, 2.05) is 0 Å². The lowest BCUT2D eigenvalue weighted by atomic mass is 10.1. The molecule has 1 fully saturated rings. The van der Waals surface area contributed by atoms with Gasteiger partial charge in [-0.25, -0.2) is 4.79 Å². The van der Waals surface area contributed by atoms with Crippen LogP contribution in [-0.4, -0.2) is 52.2 Å². The van der Waals surface area contributed by atoms with Gasteiger partial charge in [0.25, 0.3) is 0 Å². The van der Waals surface area contributed by atoms with Crippen LogP contribution in [0.5, 0.6) is 0 Å². The molecule has 0 bridgehead atoms. The number of aliphatic hydroxyl groups excluding tert-OH is 1. The minimum Gasteiger partial charge on any atom is -0.480 e. The number of β-amino-alcohol motifs (C(OH)–C–C–N with tert-alkyl or cyclic N) is 1. The van der Waals surface area contributed by atoms with Crippen LogP contribution in [0.2, 0.25) is 0 Å². The molecule has 0 aromatic heterocycles. The number of hydrogen-bond donors (Lipinski definition) is 3. The van der Waals surface area contributed by atoms with E-state index in [4.69, 9.17) is 10.8 Å². The molecule has 98 valence electrons. The monoisotopic (exact) mass is 244 g/mol. The van der Waals surface area contributed by atoms with Crippen LogP contribution in [0, 0.1) is 0 Å². The van der Waals surface area contributed by atoms with Gasteiger partial charge >= 0.3 is 5.97 Å². The summed E-state index contributed by atoms with van der Waals surface area (Å²) < 4.78 is 0. The van der Waals surface area contributed by atoms with Crippen LogP contribution in [0.1, 0.15) is 32.1 Å². The zero-order chi connectivity index (χ0) is 12.8. The summed E-state index contributed by atoms with van der Waals surface area (Å²) >= 11 is 0. The van der Waals surface area contributed by atoms with Crippen molar-refractivity contribution in [1.82, 2.24) is 4.90 Å². The average molecular weight is 244 g/mol. The molecule has 2 atom stereocenters. The van der Waals surface area contributed by atoms with Crippen LogP contribution in [0.3, 0.4) is 0 Å². The number of aliphatic carboxylic acids is 1. The molecule has 0 aromatic rings. The molecule has 0 aromatic carbocycles. The summed E-state index contributed by atoms with van der Waals surface area (Å²) in [5.41, 5.74) is 5.34. The van der Waals surface area contributed by atoms with E-state index in [-0.39, 0.29) is 18.9 Å². The van der Waals surface area contributed by atoms with Crippen LogP contribution >= 0.6 is 0 Å². The molecule has 1 amide bonds. The first-order valence-corrected chi connectivity index (χ1v) is 5.96. The third kappa shape index (κ3) is 3.98. The van der Waals surface area contributed by atoms with E-state index >= 15 is 0 Å². The molecule has 1 saturated heterocycles. The second-order valence-corrected chi connectivity index (χ2v) is 4.39. The van der Waals surface area contributed by atoms with Gasteiger partial charge in [0, 0.05) is 19.4 Å². The summed E-state index contributed by atoms with van der Waals surface area (Å²) in [6.07, 6.45) is 2.20. The molecule has 0 unspecified atom stereocenters. The van der Waals surface area contributed by atoms with Gasteiger partial charge in [0.15, 0.2) is 0 Å². The minimum atomic E-state index is -1.04. The van der Waals surface area contributed by atoms with Gasteiger partial charge in [-0.1, -0.05) is 6.42 Å². The Hall–Kier alpha value is -1.14. The lowest BCUT2D eigenvalue weighted by molar-refractivity contribution is -0.148. The third-order valence-corrected chi connectivity index (χ3v) is 2.98. The molecule has 1 aliphatic heterocycles. The first-order chi connectivity index (χ1) is 8.06. The summed E-state index contributed by atoms with van der Waals surface area (Å²) in [7, 11) is 0. The van der Waals surface area contributed by atoms with Crippen molar-refractivity contribution < 1.29 is 19.8 Å². The maximum atomic E-state index is 11.8. The highest BCUT2D eigenvalue weighted by molar-refractivity contribution is 5.84. The average Bonchev–Trinajstić information content (AvgIpc) is 2.66. The van der Waals surface area contributed by atoms with E-state index in [9.17, 15) is 14.7 Å². The Bertz CT molecular complexity index is 283. The second-order valence-electron chi connectivity index (χ2n) is 4.39. The fraction of sp³-hybridized carbons (Fsp3) is 0.818. The molecule has 1 rings (SSSR count). The van der Waals surface area contributed by atoms with E-state index in [1.165, 1.54) is 4.90 Å². The number of rotatable bonds is 6. The SMILES string of the molecule is NCCCCCC(=O)N1C[C@H](O)C[C@@H]1C(=O)O. The molecule has 0 saturated carbocycles. The van der Waals surface area contributed by atoms with Crippen molar-refractivity contribution in [3.63, 3.8) is 0 Å². The van der Waals surface area contributed by atoms with E-state index in [2.05, 4.69) is 0 Å². The van der Waals surface area contributed by atoms with Crippen LogP contribution in [0.25, 0.3) is 0 Å². The Kier molecular flexibility index (Phi) is 5.37. The topological polar surface area (TPSA) is 104 Å². The van der Waals surface area contributed by atoms with E-state index in [0.717, 1.165) is 19.3 Å². The molecule has 0 aliphatic carbocycles. The number of carbonyl (C=O) groups is 2. The van der Waals surface area contributed by atoms with Crippen molar-refractivity contribution in [1.29, 1.82) is 0 Å². The van der Waals surface area contributed by atoms with Gasteiger partial charge < -0.3 is 20.8 Å². The highest BCUT2D eigenvalue weighted by Crippen LogP contribution is 2.19. The lowest BCUT2D eigenvalue weighted by Crippen LogP contribution is -2.40. The standard InChI is InChI=1S/C11H20N2O4/c12-5-3-1-2-4-10(15)13-7-8(14)6-9(13)11(16)17/h8-9,14H,1-7,12H2,(H,16,17)/t8-,9-/m1/s1. The fourth-order valence-electron chi connectivity index (χ4n) is 2.06. The van der Waals surface area contributed by atoms with Crippen molar-refractivity contribution in [3.05, 3.63) is 0 Å². The molecule has 0 radical (unpaired) electrons. The fourth-order valence-corrected chi connectivity index (χ4v) is 2.06. The summed E-state index contributed by atoms with van der Waals surface area (Å²) in [5, 5.41) is 18.3. The molecular weight excluding hydrogens is 224 g/mol. The predicted molar refractivity (Wildman–Crippen MR) is 61.3 cm³/mol. The highest BCUT2D eigenvalue weighted by atomic mass is 16.4. The zero-order valence-corrected chi connectivity index (χ0v) is 9.84. The number of carboxylic acids is 1. The van der Waals surface area contributed by atoms with Crippen molar-refractivity contribution >= 4 is 11.9 Å². The van der Waals surface area contributed by atoms with Gasteiger partial charge in [-0.2, -0.15) is 0 Å². The van der Waals surface area contributed by atoms with E-state index in [0.29, 0.717) is 13.0 Å². The van der Waals surface area contributed by atoms with Gasteiger partial charge in [-0.3, -0.25) is 4.79 Å². The van der Waals surface area contributed by atoms with E-state index < -0.39 is 18.1 Å². The number of amides is 1. The molecule has 0 spiro atoms. The molecule has 1 aliphatic rings. The minimum absolute atomic E-state index is 0.129. The van der Waals surface area contributed by atoms with Crippen molar-refractivity contribution in [2.75, 3.05) is 13.1 Å². The third-order valence-electron chi connectivity index (χ3n) is 2.98. The summed E-state index contributed by atoms with van der Waals surface area (Å²) in [5.74, 6) is -1.23. The lowest BCUT2D eigenvalue weighted by Gasteiger charge is -2.21. The van der Waals surface area contributed by atoms with Crippen LogP contribution in [0.15, 0.2) is 0 Å². The van der Waals surface area contributed by atoms with Crippen molar-refractivity contribution in [3.8, 4) is 0 Å². The normalized spacial score (nSPS) is 24.0. The Morgan fingerprint density at radius 3 is 2.59 bits per heavy atom. The Balaban J connectivity index is 2.41. The number of hydrogen-bond acceptors (Lipinski definition) is 4. The number of carbonyl (C=O) groups excluding carboxylic acids is 1. The Morgan fingerprint density at radius 1 is 1.29 bits per heavy atom. The van der Waals surface area contributed by atoms with Crippen LogP contribution in [0.4, 0.5) is 0 Å². The smallest absolute Gasteiger partial charge is 0.326 e. The second kappa shape index (κ2) is 6.56. The zero-order valence-electron chi connectivity index (χ0n) is 9.84. The van der Waals surface area contributed by atoms with Gasteiger partial charge in [0.1, 0.15) is 6.04 Å². The van der Waals surface area contributed by atoms with Gasteiger partial charge in [0.2, 0.25) is 5.91 Å². The maximum absolute atomic E-state index is 11.8. The first-order valence-electron chi connectivity index (χ1n) is 5.96. The molecule has 6 nitrogen and oxygen atoms in total. The number of carboxylic acid groups (broad SMARTS) is 1.